The molecule has 1 amide bonds. The Hall–Kier alpha value is -3.28. The zero-order valence-corrected chi connectivity index (χ0v) is 13.9. The second kappa shape index (κ2) is 7.09. The largest absolute Gasteiger partial charge is 0.496 e. The van der Waals surface area contributed by atoms with Crippen LogP contribution in [0.5, 0.6) is 5.75 Å². The molecule has 3 rings (SSSR count). The van der Waals surface area contributed by atoms with Crippen molar-refractivity contribution in [1.82, 2.24) is 0 Å². The molecule has 2 aromatic carbocycles. The summed E-state index contributed by atoms with van der Waals surface area (Å²) in [6.45, 7) is 1.91. The maximum atomic E-state index is 12.7. The summed E-state index contributed by atoms with van der Waals surface area (Å²) < 4.78 is 15.8. The predicted octanol–water partition coefficient (Wildman–Crippen LogP) is 3.87. The second-order valence-corrected chi connectivity index (χ2v) is 5.18. The Morgan fingerprint density at radius 2 is 1.80 bits per heavy atom. The monoisotopic (exact) mass is 339 g/mol. The minimum atomic E-state index is -0.631. The summed E-state index contributed by atoms with van der Waals surface area (Å²) in [5.41, 5.74) is 1.12. The normalized spacial score (nSPS) is 10.5. The summed E-state index contributed by atoms with van der Waals surface area (Å²) in [5, 5.41) is 3.37. The van der Waals surface area contributed by atoms with E-state index in [1.807, 2.05) is 0 Å². The average Bonchev–Trinajstić information content (AvgIpc) is 3.00. The number of hydrogen-bond donors (Lipinski definition) is 1. The van der Waals surface area contributed by atoms with Gasteiger partial charge in [0.2, 0.25) is 5.76 Å². The topological polar surface area (TPSA) is 77.8 Å². The van der Waals surface area contributed by atoms with E-state index < -0.39 is 11.9 Å². The maximum Gasteiger partial charge on any atom is 0.376 e. The predicted molar refractivity (Wildman–Crippen MR) is 93.1 cm³/mol. The summed E-state index contributed by atoms with van der Waals surface area (Å²) in [5.74, 6) is -0.639. The number of furan rings is 1. The Kier molecular flexibility index (Phi) is 4.70. The number of anilines is 1. The molecule has 0 saturated carbocycles. The van der Waals surface area contributed by atoms with Crippen LogP contribution in [0.2, 0.25) is 0 Å². The molecule has 1 heterocycles. The van der Waals surface area contributed by atoms with Crippen molar-refractivity contribution in [3.8, 4) is 5.75 Å². The molecule has 6 nitrogen and oxygen atoms in total. The van der Waals surface area contributed by atoms with Gasteiger partial charge in [0, 0.05) is 5.39 Å². The number of methoxy groups -OCH3 is 1. The number of hydrogen-bond acceptors (Lipinski definition) is 5. The van der Waals surface area contributed by atoms with Crippen molar-refractivity contribution in [3.63, 3.8) is 0 Å². The third-order valence-corrected chi connectivity index (χ3v) is 3.65. The van der Waals surface area contributed by atoms with Gasteiger partial charge in [0.15, 0.2) is 0 Å². The standard InChI is InChI=1S/C19H17NO5/c1-3-24-19(22)17-16(12-8-4-7-11-15(12)25-17)20-18(21)13-9-5-6-10-14(13)23-2/h4-11H,3H2,1-2H3,(H,20,21). The summed E-state index contributed by atoms with van der Waals surface area (Å²) in [4.78, 5) is 24.9. The Morgan fingerprint density at radius 1 is 1.08 bits per heavy atom. The van der Waals surface area contributed by atoms with Gasteiger partial charge in [-0.1, -0.05) is 24.3 Å². The molecule has 6 heteroatoms. The van der Waals surface area contributed by atoms with Crippen LogP contribution >= 0.6 is 0 Å². The molecule has 0 bridgehead atoms. The van der Waals surface area contributed by atoms with Crippen molar-refractivity contribution in [1.29, 1.82) is 0 Å². The number of esters is 1. The van der Waals surface area contributed by atoms with E-state index in [0.717, 1.165) is 0 Å². The smallest absolute Gasteiger partial charge is 0.376 e. The molecular formula is C19H17NO5. The summed E-state index contributed by atoms with van der Waals surface area (Å²) in [6, 6.07) is 13.9. The molecule has 25 heavy (non-hydrogen) atoms. The van der Waals surface area contributed by atoms with Crippen LogP contribution in [0.3, 0.4) is 0 Å². The molecule has 0 atom stereocenters. The molecule has 0 fully saturated rings. The summed E-state index contributed by atoms with van der Waals surface area (Å²) in [7, 11) is 1.49. The molecular weight excluding hydrogens is 322 g/mol. The maximum absolute atomic E-state index is 12.7. The molecule has 0 saturated heterocycles. The van der Waals surface area contributed by atoms with Gasteiger partial charge in [0.05, 0.1) is 19.3 Å². The van der Waals surface area contributed by atoms with Gasteiger partial charge in [0.25, 0.3) is 5.91 Å². The first-order chi connectivity index (χ1) is 12.2. The third kappa shape index (κ3) is 3.19. The van der Waals surface area contributed by atoms with Gasteiger partial charge in [-0.2, -0.15) is 0 Å². The molecule has 0 radical (unpaired) electrons. The first-order valence-electron chi connectivity index (χ1n) is 7.78. The van der Waals surface area contributed by atoms with Crippen LogP contribution in [0, 0.1) is 0 Å². The first kappa shape index (κ1) is 16.6. The van der Waals surface area contributed by atoms with Gasteiger partial charge in [-0.15, -0.1) is 0 Å². The number of ether oxygens (including phenoxy) is 2. The van der Waals surface area contributed by atoms with Crippen molar-refractivity contribution in [2.75, 3.05) is 19.0 Å². The van der Waals surface area contributed by atoms with Gasteiger partial charge >= 0.3 is 5.97 Å². The Balaban J connectivity index is 2.04. The van der Waals surface area contributed by atoms with E-state index >= 15 is 0 Å². The molecule has 0 spiro atoms. The highest BCUT2D eigenvalue weighted by molar-refractivity contribution is 6.14. The second-order valence-electron chi connectivity index (χ2n) is 5.18. The third-order valence-electron chi connectivity index (χ3n) is 3.65. The Morgan fingerprint density at radius 3 is 2.56 bits per heavy atom. The Labute approximate surface area is 144 Å². The highest BCUT2D eigenvalue weighted by Gasteiger charge is 2.24. The number of carbonyl (C=O) groups is 2. The van der Waals surface area contributed by atoms with Gasteiger partial charge < -0.3 is 19.2 Å². The molecule has 0 aliphatic carbocycles. The number of fused-ring (bicyclic) bond motifs is 1. The number of benzene rings is 2. The van der Waals surface area contributed by atoms with Crippen molar-refractivity contribution < 1.29 is 23.5 Å². The van der Waals surface area contributed by atoms with Crippen molar-refractivity contribution >= 4 is 28.5 Å². The van der Waals surface area contributed by atoms with Crippen LogP contribution in [-0.2, 0) is 4.74 Å². The average molecular weight is 339 g/mol. The fourth-order valence-corrected chi connectivity index (χ4v) is 2.52. The first-order valence-corrected chi connectivity index (χ1v) is 7.78. The quantitative estimate of drug-likeness (QED) is 0.714. The van der Waals surface area contributed by atoms with Gasteiger partial charge in [0.1, 0.15) is 17.0 Å². The van der Waals surface area contributed by atoms with E-state index in [9.17, 15) is 9.59 Å². The zero-order chi connectivity index (χ0) is 17.8. The lowest BCUT2D eigenvalue weighted by Crippen LogP contribution is -2.15. The number of rotatable bonds is 5. The van der Waals surface area contributed by atoms with E-state index in [0.29, 0.717) is 22.3 Å². The van der Waals surface area contributed by atoms with Crippen LogP contribution in [0.25, 0.3) is 11.0 Å². The lowest BCUT2D eigenvalue weighted by atomic mass is 10.1. The highest BCUT2D eigenvalue weighted by Crippen LogP contribution is 2.32. The molecule has 0 unspecified atom stereocenters. The summed E-state index contributed by atoms with van der Waals surface area (Å²) in [6.07, 6.45) is 0. The Bertz CT molecular complexity index is 928. The number of para-hydroxylation sites is 2. The van der Waals surface area contributed by atoms with Gasteiger partial charge in [-0.25, -0.2) is 4.79 Å². The highest BCUT2D eigenvalue weighted by atomic mass is 16.5. The van der Waals surface area contributed by atoms with Crippen molar-refractivity contribution in [2.45, 2.75) is 6.92 Å². The number of amides is 1. The van der Waals surface area contributed by atoms with E-state index in [4.69, 9.17) is 13.9 Å². The van der Waals surface area contributed by atoms with Crippen LogP contribution in [0.1, 0.15) is 27.8 Å². The molecule has 128 valence electrons. The lowest BCUT2D eigenvalue weighted by molar-refractivity contribution is 0.0494. The van der Waals surface area contributed by atoms with Gasteiger partial charge in [-0.3, -0.25) is 4.79 Å². The lowest BCUT2D eigenvalue weighted by Gasteiger charge is -2.09. The summed E-state index contributed by atoms with van der Waals surface area (Å²) >= 11 is 0. The molecule has 0 aliphatic rings. The number of nitrogens with one attached hydrogen (secondary N) is 1. The van der Waals surface area contributed by atoms with Crippen LogP contribution in [-0.4, -0.2) is 25.6 Å². The van der Waals surface area contributed by atoms with Crippen LogP contribution in [0.4, 0.5) is 5.69 Å². The number of carbonyl (C=O) groups excluding carboxylic acids is 2. The van der Waals surface area contributed by atoms with Gasteiger partial charge in [-0.05, 0) is 31.2 Å². The fourth-order valence-electron chi connectivity index (χ4n) is 2.52. The zero-order valence-electron chi connectivity index (χ0n) is 13.9. The fraction of sp³-hybridized carbons (Fsp3) is 0.158. The van der Waals surface area contributed by atoms with E-state index in [2.05, 4.69) is 5.32 Å². The minimum absolute atomic E-state index is 0.0358. The molecule has 1 N–H and O–H groups in total. The minimum Gasteiger partial charge on any atom is -0.496 e. The van der Waals surface area contributed by atoms with E-state index in [1.54, 1.807) is 55.5 Å². The van der Waals surface area contributed by atoms with Crippen LogP contribution in [0.15, 0.2) is 52.9 Å². The van der Waals surface area contributed by atoms with E-state index in [1.165, 1.54) is 7.11 Å². The van der Waals surface area contributed by atoms with Crippen LogP contribution < -0.4 is 10.1 Å². The van der Waals surface area contributed by atoms with Crippen molar-refractivity contribution in [3.05, 3.63) is 59.9 Å². The molecule has 1 aromatic heterocycles. The van der Waals surface area contributed by atoms with E-state index in [-0.39, 0.29) is 18.1 Å². The molecule has 3 aromatic rings. The SMILES string of the molecule is CCOC(=O)c1oc2ccccc2c1NC(=O)c1ccccc1OC. The molecule has 0 aliphatic heterocycles. The van der Waals surface area contributed by atoms with Crippen molar-refractivity contribution in [2.24, 2.45) is 0 Å².